The summed E-state index contributed by atoms with van der Waals surface area (Å²) in [4.78, 5) is 10.4. The van der Waals surface area contributed by atoms with Crippen LogP contribution in [0.2, 0.25) is 0 Å². The molecule has 7 atom stereocenters. The van der Waals surface area contributed by atoms with Crippen LogP contribution in [0.25, 0.3) is 0 Å². The van der Waals surface area contributed by atoms with Crippen molar-refractivity contribution < 1.29 is 63.2 Å². The maximum absolute atomic E-state index is 14.9. The number of aliphatic carboxylic acids is 1. The van der Waals surface area contributed by atoms with Gasteiger partial charge in [0.05, 0.1) is 6.10 Å². The Bertz CT molecular complexity index is 596. The predicted molar refractivity (Wildman–Crippen MR) is 98.5 cm³/mol. The van der Waals surface area contributed by atoms with Crippen LogP contribution in [0.5, 0.6) is 0 Å². The molecular weight excluding hydrogens is 393 g/mol. The number of hydrogen-bond acceptors (Lipinski definition) is 5. The SMILES string of the molecule is CCCCC(C)(F)[C@H](O)/C=C/[C@@H]1[C@H]2C(F)/C(=C/CCCC(=O)[O-])O[C@@H]2C[C@H]1O.[Na+]. The van der Waals surface area contributed by atoms with E-state index in [9.17, 15) is 28.9 Å². The molecule has 0 amide bonds. The molecule has 0 aromatic carbocycles. The molecule has 2 unspecified atom stereocenters. The van der Waals surface area contributed by atoms with Crippen molar-refractivity contribution in [2.24, 2.45) is 11.8 Å². The van der Waals surface area contributed by atoms with Gasteiger partial charge in [0.2, 0.25) is 0 Å². The maximum Gasteiger partial charge on any atom is 1.00 e. The largest absolute Gasteiger partial charge is 1.00 e. The second-order valence-electron chi connectivity index (χ2n) is 8.10. The van der Waals surface area contributed by atoms with Gasteiger partial charge in [-0.05, 0) is 38.7 Å². The Balaban J connectivity index is 0.00000420. The molecule has 1 heterocycles. The minimum Gasteiger partial charge on any atom is -0.550 e. The minimum absolute atomic E-state index is 0. The molecule has 0 radical (unpaired) electrons. The average Bonchev–Trinajstić information content (AvgIpc) is 3.09. The second kappa shape index (κ2) is 11.8. The normalized spacial score (nSPS) is 33.2. The van der Waals surface area contributed by atoms with Gasteiger partial charge in [0, 0.05) is 24.2 Å². The minimum atomic E-state index is -1.78. The van der Waals surface area contributed by atoms with Crippen molar-refractivity contribution in [1.29, 1.82) is 0 Å². The van der Waals surface area contributed by atoms with Gasteiger partial charge in [-0.15, -0.1) is 0 Å². The van der Waals surface area contributed by atoms with Gasteiger partial charge < -0.3 is 24.9 Å². The summed E-state index contributed by atoms with van der Waals surface area (Å²) in [5.74, 6) is -2.17. The first-order valence-electron chi connectivity index (χ1n) is 10.1. The fourth-order valence-corrected chi connectivity index (χ4v) is 4.01. The van der Waals surface area contributed by atoms with E-state index in [0.717, 1.165) is 6.42 Å². The molecule has 2 fully saturated rings. The van der Waals surface area contributed by atoms with Crippen LogP contribution in [-0.4, -0.2) is 46.3 Å². The third-order valence-corrected chi connectivity index (χ3v) is 5.77. The van der Waals surface area contributed by atoms with E-state index < -0.39 is 48.0 Å². The monoisotopic (exact) mass is 424 g/mol. The molecule has 1 saturated heterocycles. The van der Waals surface area contributed by atoms with Crippen LogP contribution in [0.1, 0.15) is 58.8 Å². The average molecular weight is 424 g/mol. The second-order valence-corrected chi connectivity index (χ2v) is 8.10. The number of fused-ring (bicyclic) bond motifs is 1. The summed E-state index contributed by atoms with van der Waals surface area (Å²) in [5, 5.41) is 30.9. The van der Waals surface area contributed by atoms with E-state index in [1.807, 2.05) is 6.92 Å². The summed E-state index contributed by atoms with van der Waals surface area (Å²) in [6.45, 7) is 3.29. The number of carboxylic acid groups (broad SMARTS) is 1. The quantitative estimate of drug-likeness (QED) is 0.277. The number of hydrogen-bond donors (Lipinski definition) is 2. The van der Waals surface area contributed by atoms with E-state index in [0.29, 0.717) is 19.3 Å². The molecule has 0 bridgehead atoms. The number of alkyl halides is 2. The van der Waals surface area contributed by atoms with Gasteiger partial charge in [0.25, 0.3) is 0 Å². The predicted octanol–water partition coefficient (Wildman–Crippen LogP) is -0.636. The van der Waals surface area contributed by atoms with E-state index >= 15 is 0 Å². The number of aliphatic hydroxyl groups is 2. The van der Waals surface area contributed by atoms with Gasteiger partial charge in [0.1, 0.15) is 23.6 Å². The van der Waals surface area contributed by atoms with Crippen molar-refractivity contribution in [2.75, 3.05) is 0 Å². The summed E-state index contributed by atoms with van der Waals surface area (Å²) in [7, 11) is 0. The zero-order valence-corrected chi connectivity index (χ0v) is 19.5. The first-order chi connectivity index (χ1) is 13.2. The van der Waals surface area contributed by atoms with Crippen LogP contribution >= 0.6 is 0 Å². The Labute approximate surface area is 193 Å². The molecule has 5 nitrogen and oxygen atoms in total. The first kappa shape index (κ1) is 26.6. The molecule has 0 spiro atoms. The van der Waals surface area contributed by atoms with Gasteiger partial charge in [-0.1, -0.05) is 31.9 Å². The molecular formula is C21H31F2NaO5. The molecule has 0 aromatic heterocycles. The van der Waals surface area contributed by atoms with Crippen LogP contribution in [0.3, 0.4) is 0 Å². The third kappa shape index (κ3) is 7.03. The van der Waals surface area contributed by atoms with E-state index in [1.54, 1.807) is 6.08 Å². The number of rotatable bonds is 10. The number of halogens is 2. The topological polar surface area (TPSA) is 89.8 Å². The van der Waals surface area contributed by atoms with Crippen molar-refractivity contribution in [2.45, 2.75) is 88.9 Å². The summed E-state index contributed by atoms with van der Waals surface area (Å²) < 4.78 is 35.1. The van der Waals surface area contributed by atoms with Crippen molar-refractivity contribution in [3.05, 3.63) is 24.0 Å². The molecule has 2 N–H and O–H groups in total. The van der Waals surface area contributed by atoms with Gasteiger partial charge in [-0.25, -0.2) is 8.78 Å². The third-order valence-electron chi connectivity index (χ3n) is 5.77. The summed E-state index contributed by atoms with van der Waals surface area (Å²) in [6, 6.07) is 0. The number of carbonyl (C=O) groups is 1. The Morgan fingerprint density at radius 2 is 2.14 bits per heavy atom. The van der Waals surface area contributed by atoms with Crippen LogP contribution in [-0.2, 0) is 9.53 Å². The number of ether oxygens (including phenoxy) is 1. The zero-order chi connectivity index (χ0) is 20.9. The Hall–Kier alpha value is -0.470. The standard InChI is InChI=1S/C21H32F2O5.Na/c1-3-4-11-21(2,23)17(25)10-9-13-14(24)12-16-19(13)20(22)15(28-16)7-5-6-8-18(26)27;/h7,9-10,13-14,16-17,19-20,24-25H,3-6,8,11-12H2,1-2H3,(H,26,27);/q;+1/p-1/b10-9+,15-7-;/t13-,14+,16+,17+,19+,20?,21?;/m0./s1. The summed E-state index contributed by atoms with van der Waals surface area (Å²) in [6.07, 6.45) is 2.88. The number of carboxylic acids is 1. The van der Waals surface area contributed by atoms with E-state index in [2.05, 4.69) is 0 Å². The van der Waals surface area contributed by atoms with Gasteiger partial charge in [-0.3, -0.25) is 0 Å². The smallest absolute Gasteiger partial charge is 0.550 e. The van der Waals surface area contributed by atoms with Crippen LogP contribution in [0.15, 0.2) is 24.0 Å². The van der Waals surface area contributed by atoms with Gasteiger partial charge in [0.15, 0.2) is 6.17 Å². The van der Waals surface area contributed by atoms with Crippen LogP contribution < -0.4 is 34.7 Å². The molecule has 8 heteroatoms. The summed E-state index contributed by atoms with van der Waals surface area (Å²) >= 11 is 0. The first-order valence-corrected chi connectivity index (χ1v) is 10.1. The molecule has 0 aromatic rings. The molecule has 1 aliphatic heterocycles. The molecule has 1 aliphatic carbocycles. The van der Waals surface area contributed by atoms with E-state index in [1.165, 1.54) is 19.1 Å². The Kier molecular flexibility index (Phi) is 10.8. The van der Waals surface area contributed by atoms with Crippen molar-refractivity contribution >= 4 is 5.97 Å². The van der Waals surface area contributed by atoms with Gasteiger partial charge in [-0.2, -0.15) is 0 Å². The number of unbranched alkanes of at least 4 members (excludes halogenated alkanes) is 2. The van der Waals surface area contributed by atoms with Crippen LogP contribution in [0.4, 0.5) is 8.78 Å². The summed E-state index contributed by atoms with van der Waals surface area (Å²) in [5.41, 5.74) is -1.78. The molecule has 2 rings (SSSR count). The fraction of sp³-hybridized carbons (Fsp3) is 0.762. The molecule has 29 heavy (non-hydrogen) atoms. The van der Waals surface area contributed by atoms with E-state index in [-0.39, 0.29) is 54.6 Å². The number of aliphatic hydroxyl groups excluding tert-OH is 2. The number of carbonyl (C=O) groups excluding carboxylic acids is 1. The Morgan fingerprint density at radius 1 is 1.45 bits per heavy atom. The van der Waals surface area contributed by atoms with Crippen molar-refractivity contribution in [3.8, 4) is 0 Å². The Morgan fingerprint density at radius 3 is 2.76 bits per heavy atom. The van der Waals surface area contributed by atoms with E-state index in [4.69, 9.17) is 4.74 Å². The molecule has 2 aliphatic rings. The van der Waals surface area contributed by atoms with Crippen LogP contribution in [0, 0.1) is 11.8 Å². The fourth-order valence-electron chi connectivity index (χ4n) is 4.01. The van der Waals surface area contributed by atoms with Gasteiger partial charge >= 0.3 is 29.6 Å². The number of allylic oxidation sites excluding steroid dienone is 2. The molecule has 1 saturated carbocycles. The maximum atomic E-state index is 14.9. The zero-order valence-electron chi connectivity index (χ0n) is 17.5. The van der Waals surface area contributed by atoms with Crippen molar-refractivity contribution in [3.63, 3.8) is 0 Å². The molecule has 160 valence electrons. The van der Waals surface area contributed by atoms with Crippen molar-refractivity contribution in [1.82, 2.24) is 0 Å².